The summed E-state index contributed by atoms with van der Waals surface area (Å²) < 4.78 is 6.63. The lowest BCUT2D eigenvalue weighted by Gasteiger charge is -2.09. The number of nitrogens with one attached hydrogen (secondary N) is 2. The number of hydrogen-bond donors (Lipinski definition) is 2. The summed E-state index contributed by atoms with van der Waals surface area (Å²) in [5.74, 6) is 0.176. The van der Waals surface area contributed by atoms with Crippen LogP contribution in [0.1, 0.15) is 26.4 Å². The summed E-state index contributed by atoms with van der Waals surface area (Å²) in [4.78, 5) is 13.1. The number of halogens is 2. The lowest BCUT2D eigenvalue weighted by atomic mass is 10.1. The third-order valence-electron chi connectivity index (χ3n) is 4.21. The zero-order chi connectivity index (χ0) is 21.1. The minimum absolute atomic E-state index is 0.330. The number of aromatic nitrogens is 2. The average molecular weight is 469 g/mol. The number of thiophene rings is 1. The summed E-state index contributed by atoms with van der Waals surface area (Å²) in [5.41, 5.74) is 2.34. The molecule has 2 aromatic heterocycles. The Labute approximate surface area is 187 Å². The minimum Gasteiger partial charge on any atom is -0.465 e. The van der Waals surface area contributed by atoms with Crippen molar-refractivity contribution in [3.8, 4) is 0 Å². The molecular formula is C19H18Cl2N4O2S2. The predicted octanol–water partition coefficient (Wildman–Crippen LogP) is 5.51. The zero-order valence-corrected chi connectivity index (χ0v) is 19.0. The molecule has 0 unspecified atom stereocenters. The van der Waals surface area contributed by atoms with E-state index in [1.807, 2.05) is 26.1 Å². The van der Waals surface area contributed by atoms with Crippen molar-refractivity contribution >= 4 is 68.7 Å². The third-order valence-corrected chi connectivity index (χ3v) is 6.28. The number of esters is 1. The number of benzene rings is 1. The number of methoxy groups -OCH3 is 1. The van der Waals surface area contributed by atoms with Gasteiger partial charge in [-0.3, -0.25) is 4.68 Å². The second-order valence-corrected chi connectivity index (χ2v) is 8.65. The molecule has 3 aromatic rings. The number of thiocarbonyl (C=S) groups is 1. The maximum atomic E-state index is 12.1. The van der Waals surface area contributed by atoms with Gasteiger partial charge in [-0.2, -0.15) is 5.10 Å². The summed E-state index contributed by atoms with van der Waals surface area (Å²) in [6.07, 6.45) is 1.83. The smallest absolute Gasteiger partial charge is 0.341 e. The van der Waals surface area contributed by atoms with Gasteiger partial charge in [0.25, 0.3) is 0 Å². The highest BCUT2D eigenvalue weighted by Gasteiger charge is 2.21. The molecule has 29 heavy (non-hydrogen) atoms. The number of hydrogen-bond acceptors (Lipinski definition) is 5. The Morgan fingerprint density at radius 1 is 1.24 bits per heavy atom. The van der Waals surface area contributed by atoms with E-state index >= 15 is 0 Å². The predicted molar refractivity (Wildman–Crippen MR) is 123 cm³/mol. The highest BCUT2D eigenvalue weighted by atomic mass is 35.5. The molecule has 0 aliphatic carbocycles. The van der Waals surface area contributed by atoms with Crippen LogP contribution in [-0.2, 0) is 11.3 Å². The highest BCUT2D eigenvalue weighted by molar-refractivity contribution is 7.80. The SMILES string of the molecule is COC(=O)c1c(NC(=S)Nc2ccn(Cc3ccc(Cl)c(Cl)c3)n2)sc(C)c1C. The first-order chi connectivity index (χ1) is 13.8. The number of anilines is 2. The number of ether oxygens (including phenoxy) is 1. The second kappa shape index (κ2) is 9.13. The lowest BCUT2D eigenvalue weighted by Crippen LogP contribution is -2.20. The van der Waals surface area contributed by atoms with E-state index in [4.69, 9.17) is 40.2 Å². The van der Waals surface area contributed by atoms with Gasteiger partial charge in [0.05, 0.1) is 29.3 Å². The van der Waals surface area contributed by atoms with E-state index in [2.05, 4.69) is 15.7 Å². The topological polar surface area (TPSA) is 68.2 Å². The summed E-state index contributed by atoms with van der Waals surface area (Å²) in [6.45, 7) is 4.36. The lowest BCUT2D eigenvalue weighted by molar-refractivity contribution is 0.0601. The van der Waals surface area contributed by atoms with Crippen molar-refractivity contribution in [2.24, 2.45) is 0 Å². The summed E-state index contributed by atoms with van der Waals surface area (Å²) in [6, 6.07) is 7.26. The molecule has 0 saturated heterocycles. The Balaban J connectivity index is 1.67. The van der Waals surface area contributed by atoms with E-state index in [1.165, 1.54) is 18.4 Å². The Hall–Kier alpha value is -2.13. The van der Waals surface area contributed by atoms with Gasteiger partial charge in [0, 0.05) is 17.1 Å². The van der Waals surface area contributed by atoms with Gasteiger partial charge in [0.15, 0.2) is 10.9 Å². The molecule has 152 valence electrons. The largest absolute Gasteiger partial charge is 0.465 e. The molecule has 0 amide bonds. The molecule has 0 atom stereocenters. The minimum atomic E-state index is -0.400. The maximum absolute atomic E-state index is 12.1. The molecule has 0 fully saturated rings. The van der Waals surface area contributed by atoms with Crippen molar-refractivity contribution in [2.45, 2.75) is 20.4 Å². The van der Waals surface area contributed by atoms with Crippen LogP contribution < -0.4 is 10.6 Å². The first-order valence-corrected chi connectivity index (χ1v) is 10.5. The van der Waals surface area contributed by atoms with Crippen LogP contribution in [0.2, 0.25) is 10.0 Å². The van der Waals surface area contributed by atoms with E-state index < -0.39 is 5.97 Å². The highest BCUT2D eigenvalue weighted by Crippen LogP contribution is 2.33. The van der Waals surface area contributed by atoms with Gasteiger partial charge in [-0.15, -0.1) is 11.3 Å². The van der Waals surface area contributed by atoms with Crippen LogP contribution in [0.25, 0.3) is 0 Å². The fraction of sp³-hybridized carbons (Fsp3) is 0.211. The number of carbonyl (C=O) groups excluding carboxylic acids is 1. The fourth-order valence-corrected chi connectivity index (χ4v) is 4.30. The molecule has 0 spiro atoms. The molecule has 1 aromatic carbocycles. The van der Waals surface area contributed by atoms with Gasteiger partial charge in [0.2, 0.25) is 0 Å². The van der Waals surface area contributed by atoms with Crippen molar-refractivity contribution in [1.82, 2.24) is 9.78 Å². The summed E-state index contributed by atoms with van der Waals surface area (Å²) >= 11 is 18.8. The van der Waals surface area contributed by atoms with E-state index in [0.29, 0.717) is 38.1 Å². The third kappa shape index (κ3) is 5.08. The van der Waals surface area contributed by atoms with Gasteiger partial charge in [0.1, 0.15) is 5.00 Å². The quantitative estimate of drug-likeness (QED) is 0.379. The molecule has 10 heteroatoms. The monoisotopic (exact) mass is 468 g/mol. The fourth-order valence-electron chi connectivity index (χ4n) is 2.66. The van der Waals surface area contributed by atoms with Gasteiger partial charge < -0.3 is 15.4 Å². The molecule has 0 aliphatic heterocycles. The zero-order valence-electron chi connectivity index (χ0n) is 15.9. The average Bonchev–Trinajstić information content (AvgIpc) is 3.21. The Morgan fingerprint density at radius 2 is 2.00 bits per heavy atom. The molecule has 3 rings (SSSR count). The first kappa shape index (κ1) is 21.6. The van der Waals surface area contributed by atoms with Gasteiger partial charge in [-0.05, 0) is 49.3 Å². The van der Waals surface area contributed by atoms with Crippen molar-refractivity contribution in [2.75, 3.05) is 17.7 Å². The Morgan fingerprint density at radius 3 is 2.69 bits per heavy atom. The second-order valence-electron chi connectivity index (χ2n) is 6.21. The normalized spacial score (nSPS) is 10.7. The Bertz CT molecular complexity index is 1080. The van der Waals surface area contributed by atoms with Crippen molar-refractivity contribution < 1.29 is 9.53 Å². The van der Waals surface area contributed by atoms with Gasteiger partial charge in [-0.25, -0.2) is 4.79 Å². The van der Waals surface area contributed by atoms with Gasteiger partial charge in [-0.1, -0.05) is 29.3 Å². The number of carbonyl (C=O) groups is 1. The number of nitrogens with zero attached hydrogens (tertiary/aromatic N) is 2. The number of aryl methyl sites for hydroxylation is 1. The van der Waals surface area contributed by atoms with Crippen LogP contribution in [0.15, 0.2) is 30.5 Å². The van der Waals surface area contributed by atoms with E-state index in [1.54, 1.807) is 22.9 Å². The molecule has 0 bridgehead atoms. The first-order valence-electron chi connectivity index (χ1n) is 8.52. The van der Waals surface area contributed by atoms with E-state index in [0.717, 1.165) is 16.0 Å². The maximum Gasteiger partial charge on any atom is 0.341 e. The molecule has 0 aliphatic rings. The summed E-state index contributed by atoms with van der Waals surface area (Å²) in [7, 11) is 1.36. The van der Waals surface area contributed by atoms with Crippen molar-refractivity contribution in [1.29, 1.82) is 0 Å². The van der Waals surface area contributed by atoms with Crippen LogP contribution >= 0.6 is 46.8 Å². The molecule has 6 nitrogen and oxygen atoms in total. The molecule has 2 heterocycles. The standard InChI is InChI=1S/C19H18Cl2N4O2S2/c1-10-11(2)29-17(16(10)18(26)27-3)23-19(28)22-15-6-7-25(24-15)9-12-4-5-13(20)14(21)8-12/h4-8H,9H2,1-3H3,(H2,22,23,24,28). The van der Waals surface area contributed by atoms with Crippen LogP contribution in [0.4, 0.5) is 10.8 Å². The summed E-state index contributed by atoms with van der Waals surface area (Å²) in [5, 5.41) is 12.5. The van der Waals surface area contributed by atoms with E-state index in [9.17, 15) is 4.79 Å². The van der Waals surface area contributed by atoms with Crippen LogP contribution in [0.3, 0.4) is 0 Å². The van der Waals surface area contributed by atoms with Crippen LogP contribution in [0, 0.1) is 13.8 Å². The van der Waals surface area contributed by atoms with Crippen LogP contribution in [0.5, 0.6) is 0 Å². The molecule has 2 N–H and O–H groups in total. The molecule has 0 saturated carbocycles. The molecule has 0 radical (unpaired) electrons. The number of rotatable bonds is 5. The molecular weight excluding hydrogens is 451 g/mol. The Kier molecular flexibility index (Phi) is 6.79. The van der Waals surface area contributed by atoms with Gasteiger partial charge >= 0.3 is 5.97 Å². The van der Waals surface area contributed by atoms with Crippen LogP contribution in [-0.4, -0.2) is 28.0 Å². The van der Waals surface area contributed by atoms with E-state index in [-0.39, 0.29) is 0 Å². The van der Waals surface area contributed by atoms with Crippen molar-refractivity contribution in [3.63, 3.8) is 0 Å². The van der Waals surface area contributed by atoms with Crippen molar-refractivity contribution in [3.05, 3.63) is 62.1 Å².